The summed E-state index contributed by atoms with van der Waals surface area (Å²) in [4.78, 5) is 18.8. The molecule has 0 radical (unpaired) electrons. The van der Waals surface area contributed by atoms with E-state index < -0.39 is 0 Å². The summed E-state index contributed by atoms with van der Waals surface area (Å²) in [7, 11) is 0. The minimum absolute atomic E-state index is 0.176. The first-order chi connectivity index (χ1) is 25.0. The van der Waals surface area contributed by atoms with E-state index in [0.29, 0.717) is 17.5 Å². The third-order valence-electron chi connectivity index (χ3n) is 10.2. The molecule has 7 aromatic carbocycles. The number of benzene rings is 7. The molecular weight excluding hydrogens is 621 g/mol. The number of rotatable bonds is 5. The zero-order valence-corrected chi connectivity index (χ0v) is 28.3. The lowest BCUT2D eigenvalue weighted by atomic mass is 9.81. The molecule has 0 amide bonds. The van der Waals surface area contributed by atoms with Gasteiger partial charge in [-0.05, 0) is 61.3 Å². The average Bonchev–Trinajstić information content (AvgIpc) is 3.43. The lowest BCUT2D eigenvalue weighted by molar-refractivity contribution is 0.661. The molecule has 0 fully saturated rings. The number of hydrogen-bond acceptors (Lipinski definition) is 3. The fourth-order valence-electron chi connectivity index (χ4n) is 7.57. The summed E-state index contributed by atoms with van der Waals surface area (Å²) in [6.07, 6.45) is 0. The highest BCUT2D eigenvalue weighted by Crippen LogP contribution is 2.53. The van der Waals surface area contributed by atoms with Crippen molar-refractivity contribution in [2.24, 2.45) is 0 Å². The number of nitrogens with zero attached hydrogens (tertiary/aromatic N) is 4. The van der Waals surface area contributed by atoms with Gasteiger partial charge >= 0.3 is 0 Å². The van der Waals surface area contributed by atoms with Crippen LogP contribution in [0.25, 0.3) is 83.2 Å². The van der Waals surface area contributed by atoms with Crippen molar-refractivity contribution in [3.8, 4) is 67.5 Å². The number of fused-ring (bicyclic) bond motifs is 4. The summed E-state index contributed by atoms with van der Waals surface area (Å²) in [5.74, 6) is 1.94. The van der Waals surface area contributed by atoms with Crippen LogP contribution in [0.15, 0.2) is 158 Å². The smallest absolute Gasteiger partial charge is 0.195 e. The van der Waals surface area contributed by atoms with E-state index in [-0.39, 0.29) is 5.41 Å². The molecule has 1 heterocycles. The first kappa shape index (κ1) is 30.4. The van der Waals surface area contributed by atoms with Gasteiger partial charge in [-0.25, -0.2) is 19.8 Å². The molecule has 4 heteroatoms. The lowest BCUT2D eigenvalue weighted by Gasteiger charge is -2.22. The van der Waals surface area contributed by atoms with Crippen molar-refractivity contribution in [3.63, 3.8) is 0 Å². The predicted octanol–water partition coefficient (Wildman–Crippen LogP) is 12.2. The van der Waals surface area contributed by atoms with Crippen molar-refractivity contribution in [2.75, 3.05) is 0 Å². The van der Waals surface area contributed by atoms with E-state index in [1.807, 2.05) is 72.8 Å². The molecule has 51 heavy (non-hydrogen) atoms. The molecule has 0 unspecified atom stereocenters. The second-order valence-corrected chi connectivity index (χ2v) is 13.5. The summed E-state index contributed by atoms with van der Waals surface area (Å²) >= 11 is 0. The van der Waals surface area contributed by atoms with Gasteiger partial charge in [0.15, 0.2) is 23.2 Å². The zero-order valence-electron chi connectivity index (χ0n) is 28.3. The van der Waals surface area contributed by atoms with Crippen LogP contribution in [0.1, 0.15) is 25.0 Å². The fourth-order valence-corrected chi connectivity index (χ4v) is 7.57. The minimum atomic E-state index is -0.176. The number of aromatic nitrogens is 3. The van der Waals surface area contributed by atoms with Gasteiger partial charge in [-0.1, -0.05) is 166 Å². The maximum atomic E-state index is 7.75. The summed E-state index contributed by atoms with van der Waals surface area (Å²) in [5.41, 5.74) is 12.8. The second kappa shape index (κ2) is 12.0. The first-order valence-corrected chi connectivity index (χ1v) is 17.2. The van der Waals surface area contributed by atoms with Crippen LogP contribution in [-0.4, -0.2) is 15.0 Å². The van der Waals surface area contributed by atoms with Gasteiger partial charge in [0.2, 0.25) is 0 Å². The largest absolute Gasteiger partial charge is 0.238 e. The molecule has 0 N–H and O–H groups in total. The molecule has 0 saturated carbocycles. The van der Waals surface area contributed by atoms with Crippen molar-refractivity contribution in [2.45, 2.75) is 19.3 Å². The van der Waals surface area contributed by atoms with Gasteiger partial charge in [0, 0.05) is 22.1 Å². The van der Waals surface area contributed by atoms with Crippen molar-refractivity contribution < 1.29 is 0 Å². The summed E-state index contributed by atoms with van der Waals surface area (Å²) in [6, 6.07) is 54.6. The van der Waals surface area contributed by atoms with Gasteiger partial charge in [-0.15, -0.1) is 0 Å². The molecule has 4 nitrogen and oxygen atoms in total. The SMILES string of the molecule is [C-]#[N+]c1cccc2c1-c1ccc(-c3ccc(-c4cccc5c(-c6nc(-c7ccccc7)nc(-c7ccccc7)n6)cccc45)cc3)cc1C2(C)C. The van der Waals surface area contributed by atoms with E-state index >= 15 is 0 Å². The number of hydrogen-bond donors (Lipinski definition) is 0. The molecule has 0 bridgehead atoms. The van der Waals surface area contributed by atoms with Crippen LogP contribution in [0.5, 0.6) is 0 Å². The molecule has 1 aromatic heterocycles. The minimum Gasteiger partial charge on any atom is -0.238 e. The summed E-state index contributed by atoms with van der Waals surface area (Å²) in [6.45, 7) is 12.3. The molecule has 240 valence electrons. The van der Waals surface area contributed by atoms with Crippen LogP contribution < -0.4 is 0 Å². The fraction of sp³-hybridized carbons (Fsp3) is 0.0638. The quantitative estimate of drug-likeness (QED) is 0.174. The summed E-state index contributed by atoms with van der Waals surface area (Å²) in [5, 5.41) is 2.22. The lowest BCUT2D eigenvalue weighted by Crippen LogP contribution is -2.14. The Kier molecular flexibility index (Phi) is 7.15. The van der Waals surface area contributed by atoms with Gasteiger partial charge in [0.05, 0.1) is 6.57 Å². The van der Waals surface area contributed by atoms with E-state index in [1.54, 1.807) is 0 Å². The highest BCUT2D eigenvalue weighted by Gasteiger charge is 2.36. The third kappa shape index (κ3) is 5.10. The standard InChI is InChI=1S/C47H32N4/c1-47(2)40-21-12-22-42(48-3)43(40)39-28-27-34(29-41(39)47)30-23-25-31(26-24-30)35-17-10-19-37-36(35)18-11-20-38(37)46-50-44(32-13-6-4-7-14-32)49-45(51-46)33-15-8-5-9-16-33/h4-29H,1-2H3. The van der Waals surface area contributed by atoms with E-state index in [2.05, 4.69) is 104 Å². The van der Waals surface area contributed by atoms with Crippen molar-refractivity contribution in [3.05, 3.63) is 180 Å². The average molecular weight is 653 g/mol. The van der Waals surface area contributed by atoms with E-state index in [0.717, 1.165) is 55.4 Å². The van der Waals surface area contributed by atoms with Crippen molar-refractivity contribution >= 4 is 16.5 Å². The second-order valence-electron chi connectivity index (χ2n) is 13.5. The maximum absolute atomic E-state index is 7.75. The Balaban J connectivity index is 1.11. The molecule has 0 spiro atoms. The highest BCUT2D eigenvalue weighted by atomic mass is 15.0. The molecular formula is C47H32N4. The van der Waals surface area contributed by atoms with E-state index in [1.165, 1.54) is 22.3 Å². The molecule has 8 aromatic rings. The van der Waals surface area contributed by atoms with E-state index in [9.17, 15) is 0 Å². The molecule has 1 aliphatic carbocycles. The third-order valence-corrected chi connectivity index (χ3v) is 10.2. The van der Waals surface area contributed by atoms with E-state index in [4.69, 9.17) is 21.5 Å². The maximum Gasteiger partial charge on any atom is 0.195 e. The zero-order chi connectivity index (χ0) is 34.5. The Labute approximate surface area is 297 Å². The first-order valence-electron chi connectivity index (χ1n) is 17.2. The van der Waals surface area contributed by atoms with Crippen molar-refractivity contribution in [1.82, 2.24) is 15.0 Å². The van der Waals surface area contributed by atoms with Crippen molar-refractivity contribution in [1.29, 1.82) is 0 Å². The predicted molar refractivity (Wildman–Crippen MR) is 208 cm³/mol. The van der Waals surface area contributed by atoms with Gasteiger partial charge in [-0.2, -0.15) is 0 Å². The Hall–Kier alpha value is -6.70. The molecule has 9 rings (SSSR count). The van der Waals surface area contributed by atoms with Crippen LogP contribution in [0.3, 0.4) is 0 Å². The Bertz CT molecular complexity index is 2600. The molecule has 1 aliphatic rings. The Morgan fingerprint density at radius 2 is 0.980 bits per heavy atom. The van der Waals surface area contributed by atoms with Crippen LogP contribution in [0, 0.1) is 6.57 Å². The Morgan fingerprint density at radius 3 is 1.63 bits per heavy atom. The van der Waals surface area contributed by atoms with Gasteiger partial charge in [0.25, 0.3) is 0 Å². The van der Waals surface area contributed by atoms with Gasteiger partial charge in [-0.3, -0.25) is 0 Å². The van der Waals surface area contributed by atoms with Gasteiger partial charge < -0.3 is 0 Å². The topological polar surface area (TPSA) is 43.0 Å². The van der Waals surface area contributed by atoms with Crippen LogP contribution in [0.4, 0.5) is 5.69 Å². The highest BCUT2D eigenvalue weighted by molar-refractivity contribution is 6.04. The molecule has 0 atom stereocenters. The molecule has 0 saturated heterocycles. The normalized spacial score (nSPS) is 12.6. The monoisotopic (exact) mass is 652 g/mol. The summed E-state index contributed by atoms with van der Waals surface area (Å²) < 4.78 is 0. The van der Waals surface area contributed by atoms with Gasteiger partial charge in [0.1, 0.15) is 0 Å². The molecule has 0 aliphatic heterocycles. The van der Waals surface area contributed by atoms with Crippen LogP contribution >= 0.6 is 0 Å². The van der Waals surface area contributed by atoms with Crippen LogP contribution in [-0.2, 0) is 5.41 Å². The Morgan fingerprint density at radius 1 is 0.431 bits per heavy atom. The van der Waals surface area contributed by atoms with Crippen LogP contribution in [0.2, 0.25) is 0 Å².